The summed E-state index contributed by atoms with van der Waals surface area (Å²) in [6.07, 6.45) is 13.2. The fourth-order valence-electron chi connectivity index (χ4n) is 2.75. The summed E-state index contributed by atoms with van der Waals surface area (Å²) >= 11 is 7.61. The van der Waals surface area contributed by atoms with Crippen LogP contribution in [0.3, 0.4) is 0 Å². The molecule has 4 heteroatoms. The molecule has 0 bridgehead atoms. The molecule has 0 saturated heterocycles. The second-order valence-electron chi connectivity index (χ2n) is 6.43. The molecule has 0 atom stereocenters. The molecule has 0 amide bonds. The average molecular weight is 505 g/mol. The standard InChI is InChI=1S/C21H35NS2.Ba.2H/c1-3-5-7-9-14-18-22(20-16-12-11-13-17-20)21(23)24-19-15-10-8-6-4-2;;;/h11-13,16-17H,3-10,14-15,18-19H2,1-2H3;;;. The molecule has 0 saturated carbocycles. The minimum atomic E-state index is 0. The Morgan fingerprint density at radius 2 is 1.40 bits per heavy atom. The van der Waals surface area contributed by atoms with Crippen LogP contribution in [0.25, 0.3) is 0 Å². The Morgan fingerprint density at radius 3 is 2.00 bits per heavy atom. The number of benzene rings is 1. The van der Waals surface area contributed by atoms with Gasteiger partial charge in [0.25, 0.3) is 0 Å². The summed E-state index contributed by atoms with van der Waals surface area (Å²) < 4.78 is 1.05. The van der Waals surface area contributed by atoms with Crippen LogP contribution in [0.2, 0.25) is 0 Å². The van der Waals surface area contributed by atoms with Gasteiger partial charge in [-0.2, -0.15) is 0 Å². The number of anilines is 1. The molecule has 1 aromatic carbocycles. The molecule has 0 aliphatic carbocycles. The Morgan fingerprint density at radius 1 is 0.840 bits per heavy atom. The van der Waals surface area contributed by atoms with Crippen LogP contribution < -0.4 is 4.90 Å². The monoisotopic (exact) mass is 505 g/mol. The number of nitrogens with zero attached hydrogens (tertiary/aromatic N) is 1. The first-order chi connectivity index (χ1) is 11.8. The van der Waals surface area contributed by atoms with Crippen molar-refractivity contribution in [3.05, 3.63) is 30.3 Å². The van der Waals surface area contributed by atoms with E-state index >= 15 is 0 Å². The summed E-state index contributed by atoms with van der Waals surface area (Å²) in [5.41, 5.74) is 1.25. The van der Waals surface area contributed by atoms with Gasteiger partial charge in [0.1, 0.15) is 4.32 Å². The molecule has 140 valence electrons. The third-order valence-corrected chi connectivity index (χ3v) is 5.78. The summed E-state index contributed by atoms with van der Waals surface area (Å²) in [6.45, 7) is 5.58. The number of hydrogen-bond donors (Lipinski definition) is 0. The molecule has 0 heterocycles. The number of rotatable bonds is 13. The first-order valence-electron chi connectivity index (χ1n) is 9.79. The van der Waals surface area contributed by atoms with E-state index in [-0.39, 0.29) is 48.9 Å². The summed E-state index contributed by atoms with van der Waals surface area (Å²) in [7, 11) is 0. The van der Waals surface area contributed by atoms with Gasteiger partial charge in [-0.1, -0.05) is 107 Å². The normalized spacial score (nSPS) is 10.3. The minimum absolute atomic E-state index is 0. The molecule has 0 fully saturated rings. The number of thiocarbonyl (C=S) groups is 1. The van der Waals surface area contributed by atoms with Crippen molar-refractivity contribution in [2.45, 2.75) is 78.1 Å². The number of para-hydroxylation sites is 1. The Labute approximate surface area is 206 Å². The molecule has 1 rings (SSSR count). The van der Waals surface area contributed by atoms with Gasteiger partial charge in [0.15, 0.2) is 0 Å². The van der Waals surface area contributed by atoms with E-state index in [1.165, 1.54) is 69.9 Å². The maximum atomic E-state index is 5.75. The Balaban J connectivity index is 0.00000576. The molecule has 1 aromatic rings. The van der Waals surface area contributed by atoms with Gasteiger partial charge < -0.3 is 4.90 Å². The third-order valence-electron chi connectivity index (χ3n) is 4.25. The Hall–Kier alpha value is 1.03. The zero-order valence-corrected chi connectivity index (χ0v) is 17.3. The van der Waals surface area contributed by atoms with Crippen LogP contribution in [0.1, 0.15) is 78.1 Å². The van der Waals surface area contributed by atoms with Crippen LogP contribution in [0.15, 0.2) is 30.3 Å². The average Bonchev–Trinajstić information content (AvgIpc) is 2.61. The van der Waals surface area contributed by atoms with Crippen molar-refractivity contribution in [3.8, 4) is 0 Å². The van der Waals surface area contributed by atoms with E-state index in [2.05, 4.69) is 49.1 Å². The fraction of sp³-hybridized carbons (Fsp3) is 0.667. The van der Waals surface area contributed by atoms with Gasteiger partial charge in [0.05, 0.1) is 0 Å². The molecular weight excluding hydrogens is 468 g/mol. The van der Waals surface area contributed by atoms with Crippen molar-refractivity contribution in [2.24, 2.45) is 0 Å². The van der Waals surface area contributed by atoms with E-state index in [0.717, 1.165) is 16.6 Å². The van der Waals surface area contributed by atoms with Gasteiger partial charge in [0.2, 0.25) is 0 Å². The van der Waals surface area contributed by atoms with Gasteiger partial charge in [-0.15, -0.1) is 0 Å². The second kappa shape index (κ2) is 18.4. The Kier molecular flexibility index (Phi) is 19.2. The first-order valence-corrected chi connectivity index (χ1v) is 11.2. The predicted octanol–water partition coefficient (Wildman–Crippen LogP) is 6.54. The Bertz CT molecular complexity index is 425. The molecule has 0 aliphatic rings. The molecule has 25 heavy (non-hydrogen) atoms. The van der Waals surface area contributed by atoms with Gasteiger partial charge in [-0.3, -0.25) is 0 Å². The van der Waals surface area contributed by atoms with E-state index < -0.39 is 0 Å². The van der Waals surface area contributed by atoms with Crippen molar-refractivity contribution >= 4 is 82.9 Å². The van der Waals surface area contributed by atoms with Crippen molar-refractivity contribution in [2.75, 3.05) is 17.2 Å². The number of thioether (sulfide) groups is 1. The molecule has 0 spiro atoms. The first kappa shape index (κ1) is 26.0. The van der Waals surface area contributed by atoms with Gasteiger partial charge in [0, 0.05) is 18.0 Å². The molecule has 0 radical (unpaired) electrons. The zero-order chi connectivity index (χ0) is 17.5. The molecule has 0 N–H and O–H groups in total. The van der Waals surface area contributed by atoms with E-state index in [4.69, 9.17) is 12.2 Å². The molecule has 0 aromatic heterocycles. The molecule has 1 nitrogen and oxygen atoms in total. The summed E-state index contributed by atoms with van der Waals surface area (Å²) in [5, 5.41) is 0. The molecular formula is C21H37BaNS2. The van der Waals surface area contributed by atoms with Crippen LogP contribution in [-0.4, -0.2) is 65.5 Å². The molecule has 0 aliphatic heterocycles. The summed E-state index contributed by atoms with van der Waals surface area (Å²) in [6, 6.07) is 10.7. The van der Waals surface area contributed by atoms with Crippen molar-refractivity contribution in [3.63, 3.8) is 0 Å². The maximum absolute atomic E-state index is 5.75. The quantitative estimate of drug-likeness (QED) is 0.171. The van der Waals surface area contributed by atoms with Crippen LogP contribution >= 0.6 is 24.0 Å². The van der Waals surface area contributed by atoms with Crippen LogP contribution in [-0.2, 0) is 0 Å². The molecule has 0 unspecified atom stereocenters. The summed E-state index contributed by atoms with van der Waals surface area (Å²) in [5.74, 6) is 1.15. The topological polar surface area (TPSA) is 3.24 Å². The van der Waals surface area contributed by atoms with E-state index in [0.29, 0.717) is 0 Å². The van der Waals surface area contributed by atoms with E-state index in [9.17, 15) is 0 Å². The predicted molar refractivity (Wildman–Crippen MR) is 125 cm³/mol. The van der Waals surface area contributed by atoms with Gasteiger partial charge in [-0.05, 0) is 25.0 Å². The van der Waals surface area contributed by atoms with Crippen molar-refractivity contribution < 1.29 is 0 Å². The number of unbranched alkanes of at least 4 members (excludes halogenated alkanes) is 8. The van der Waals surface area contributed by atoms with Crippen molar-refractivity contribution in [1.82, 2.24) is 0 Å². The second-order valence-corrected chi connectivity index (χ2v) is 8.16. The van der Waals surface area contributed by atoms with Crippen LogP contribution in [0, 0.1) is 0 Å². The van der Waals surface area contributed by atoms with Crippen LogP contribution in [0.5, 0.6) is 0 Å². The fourth-order valence-corrected chi connectivity index (χ4v) is 4.07. The zero-order valence-electron chi connectivity index (χ0n) is 15.6. The third kappa shape index (κ3) is 12.9. The van der Waals surface area contributed by atoms with Gasteiger partial charge in [-0.25, -0.2) is 0 Å². The van der Waals surface area contributed by atoms with Crippen LogP contribution in [0.4, 0.5) is 5.69 Å². The van der Waals surface area contributed by atoms with E-state index in [1.54, 1.807) is 0 Å². The van der Waals surface area contributed by atoms with Gasteiger partial charge >= 0.3 is 48.9 Å². The van der Waals surface area contributed by atoms with Crippen molar-refractivity contribution in [1.29, 1.82) is 0 Å². The SMILES string of the molecule is CCCCCCCSC(=S)N(CCCCCCC)c1ccccc1.[BaH2]. The summed E-state index contributed by atoms with van der Waals surface area (Å²) in [4.78, 5) is 2.35. The number of hydrogen-bond acceptors (Lipinski definition) is 2. The van der Waals surface area contributed by atoms with E-state index in [1.807, 2.05) is 11.8 Å².